The van der Waals surface area contributed by atoms with Gasteiger partial charge in [0.2, 0.25) is 0 Å². The molecule has 4 rings (SSSR count). The van der Waals surface area contributed by atoms with Gasteiger partial charge in [0.1, 0.15) is 11.3 Å². The summed E-state index contributed by atoms with van der Waals surface area (Å²) >= 11 is 3.45. The smallest absolute Gasteiger partial charge is 0.287 e. The highest BCUT2D eigenvalue weighted by Gasteiger charge is 2.25. The molecular formula is C23H25BrN2O3. The number of ether oxygens (including phenoxy) is 1. The van der Waals surface area contributed by atoms with E-state index in [1.54, 1.807) is 7.11 Å². The third-order valence-corrected chi connectivity index (χ3v) is 6.14. The van der Waals surface area contributed by atoms with Crippen molar-refractivity contribution in [3.8, 4) is 5.75 Å². The van der Waals surface area contributed by atoms with Gasteiger partial charge in [-0.15, -0.1) is 0 Å². The first-order chi connectivity index (χ1) is 14.1. The number of nitrogens with zero attached hydrogens (tertiary/aromatic N) is 1. The summed E-state index contributed by atoms with van der Waals surface area (Å²) in [5.41, 5.74) is 2.76. The Morgan fingerprint density at radius 1 is 1.21 bits per heavy atom. The van der Waals surface area contributed by atoms with E-state index in [1.165, 1.54) is 18.4 Å². The molecule has 1 atom stereocenters. The van der Waals surface area contributed by atoms with Crippen LogP contribution in [-0.2, 0) is 0 Å². The molecule has 6 heteroatoms. The van der Waals surface area contributed by atoms with E-state index in [4.69, 9.17) is 9.15 Å². The standard InChI is InChI=1S/C23H25BrN2O3/c1-15-19-10-7-17(24)13-21(19)29-22(15)23(27)25-14-20(26-11-3-4-12-26)16-5-8-18(28-2)9-6-16/h5-10,13,20H,3-4,11-12,14H2,1-2H3,(H,25,27)/t20-/m0/s1. The Bertz CT molecular complexity index is 1010. The topological polar surface area (TPSA) is 54.7 Å². The normalized spacial score (nSPS) is 15.6. The number of carbonyl (C=O) groups excluding carboxylic acids is 1. The molecule has 5 nitrogen and oxygen atoms in total. The Kier molecular flexibility index (Phi) is 5.92. The van der Waals surface area contributed by atoms with Crippen LogP contribution >= 0.6 is 15.9 Å². The minimum Gasteiger partial charge on any atom is -0.497 e. The fourth-order valence-corrected chi connectivity index (χ4v) is 4.36. The van der Waals surface area contributed by atoms with Crippen molar-refractivity contribution in [2.75, 3.05) is 26.7 Å². The molecule has 1 aromatic heterocycles. The lowest BCUT2D eigenvalue weighted by molar-refractivity contribution is 0.0911. The van der Waals surface area contributed by atoms with Gasteiger partial charge in [0, 0.05) is 22.0 Å². The van der Waals surface area contributed by atoms with Gasteiger partial charge in [0.25, 0.3) is 5.91 Å². The van der Waals surface area contributed by atoms with E-state index in [-0.39, 0.29) is 11.9 Å². The van der Waals surface area contributed by atoms with Crippen molar-refractivity contribution >= 4 is 32.8 Å². The second-order valence-corrected chi connectivity index (χ2v) is 8.35. The first-order valence-electron chi connectivity index (χ1n) is 9.91. The van der Waals surface area contributed by atoms with E-state index in [1.807, 2.05) is 37.3 Å². The van der Waals surface area contributed by atoms with Crippen molar-refractivity contribution in [3.05, 3.63) is 63.8 Å². The fourth-order valence-electron chi connectivity index (χ4n) is 4.02. The molecule has 0 unspecified atom stereocenters. The summed E-state index contributed by atoms with van der Waals surface area (Å²) in [5.74, 6) is 1.04. The van der Waals surface area contributed by atoms with E-state index >= 15 is 0 Å². The molecule has 3 aromatic rings. The molecule has 1 amide bonds. The maximum absolute atomic E-state index is 12.9. The monoisotopic (exact) mass is 456 g/mol. The van der Waals surface area contributed by atoms with Crippen molar-refractivity contribution in [2.24, 2.45) is 0 Å². The van der Waals surface area contributed by atoms with E-state index in [9.17, 15) is 4.79 Å². The van der Waals surface area contributed by atoms with Crippen molar-refractivity contribution in [2.45, 2.75) is 25.8 Å². The predicted octanol–water partition coefficient (Wildman–Crippen LogP) is 5.08. The Labute approximate surface area is 179 Å². The minimum absolute atomic E-state index is 0.131. The average Bonchev–Trinajstić information content (AvgIpc) is 3.37. The van der Waals surface area contributed by atoms with Crippen molar-refractivity contribution in [3.63, 3.8) is 0 Å². The lowest BCUT2D eigenvalue weighted by atomic mass is 10.0. The first-order valence-corrected chi connectivity index (χ1v) is 10.7. The number of hydrogen-bond donors (Lipinski definition) is 1. The number of hydrogen-bond acceptors (Lipinski definition) is 4. The van der Waals surface area contributed by atoms with Gasteiger partial charge in [-0.05, 0) is 68.8 Å². The van der Waals surface area contributed by atoms with Crippen molar-refractivity contribution in [1.82, 2.24) is 10.2 Å². The molecule has 0 aliphatic carbocycles. The van der Waals surface area contributed by atoms with Crippen LogP contribution < -0.4 is 10.1 Å². The number of furan rings is 1. The van der Waals surface area contributed by atoms with Crippen LogP contribution in [0.2, 0.25) is 0 Å². The second-order valence-electron chi connectivity index (χ2n) is 7.44. The van der Waals surface area contributed by atoms with E-state index < -0.39 is 0 Å². The molecule has 1 N–H and O–H groups in total. The van der Waals surface area contributed by atoms with Gasteiger partial charge in [0.15, 0.2) is 5.76 Å². The SMILES string of the molecule is COc1ccc([C@H](CNC(=O)c2oc3cc(Br)ccc3c2C)N2CCCC2)cc1. The highest BCUT2D eigenvalue weighted by Crippen LogP contribution is 2.29. The fraction of sp³-hybridized carbons (Fsp3) is 0.348. The van der Waals surface area contributed by atoms with Crippen LogP contribution in [0.5, 0.6) is 5.75 Å². The van der Waals surface area contributed by atoms with Crippen molar-refractivity contribution in [1.29, 1.82) is 0 Å². The lowest BCUT2D eigenvalue weighted by Crippen LogP contribution is -2.36. The third kappa shape index (κ3) is 4.19. The molecule has 1 aliphatic heterocycles. The zero-order valence-corrected chi connectivity index (χ0v) is 18.3. The molecule has 0 spiro atoms. The number of rotatable bonds is 6. The minimum atomic E-state index is -0.174. The number of fused-ring (bicyclic) bond motifs is 1. The number of halogens is 1. The summed E-state index contributed by atoms with van der Waals surface area (Å²) in [6.45, 7) is 4.55. The van der Waals surface area contributed by atoms with Crippen LogP contribution in [0.4, 0.5) is 0 Å². The zero-order chi connectivity index (χ0) is 20.4. The molecule has 29 heavy (non-hydrogen) atoms. The number of amides is 1. The number of likely N-dealkylation sites (tertiary alicyclic amines) is 1. The molecular weight excluding hydrogens is 432 g/mol. The van der Waals surface area contributed by atoms with Crippen LogP contribution in [0, 0.1) is 6.92 Å². The number of aryl methyl sites for hydroxylation is 1. The Morgan fingerprint density at radius 3 is 2.62 bits per heavy atom. The predicted molar refractivity (Wildman–Crippen MR) is 118 cm³/mol. The third-order valence-electron chi connectivity index (χ3n) is 5.64. The molecule has 2 heterocycles. The maximum atomic E-state index is 12.9. The van der Waals surface area contributed by atoms with Crippen molar-refractivity contribution < 1.29 is 13.9 Å². The Balaban J connectivity index is 1.53. The van der Waals surface area contributed by atoms with Crippen LogP contribution in [0.1, 0.15) is 40.6 Å². The number of nitrogens with one attached hydrogen (secondary N) is 1. The Hall–Kier alpha value is -2.31. The highest BCUT2D eigenvalue weighted by atomic mass is 79.9. The highest BCUT2D eigenvalue weighted by molar-refractivity contribution is 9.10. The van der Waals surface area contributed by atoms with E-state index in [0.717, 1.165) is 34.3 Å². The average molecular weight is 457 g/mol. The molecule has 152 valence electrons. The van der Waals surface area contributed by atoms with Gasteiger partial charge in [-0.3, -0.25) is 9.69 Å². The first kappa shape index (κ1) is 20.0. The van der Waals surface area contributed by atoms with Gasteiger partial charge in [0.05, 0.1) is 13.2 Å². The summed E-state index contributed by atoms with van der Waals surface area (Å²) in [7, 11) is 1.67. The molecule has 1 aliphatic rings. The van der Waals surface area contributed by atoms with Gasteiger partial charge >= 0.3 is 0 Å². The van der Waals surface area contributed by atoms with Gasteiger partial charge in [-0.1, -0.05) is 28.1 Å². The lowest BCUT2D eigenvalue weighted by Gasteiger charge is -2.28. The largest absolute Gasteiger partial charge is 0.497 e. The van der Waals surface area contributed by atoms with Gasteiger partial charge in [-0.25, -0.2) is 0 Å². The summed E-state index contributed by atoms with van der Waals surface area (Å²) < 4.78 is 12.1. The number of benzene rings is 2. The molecule has 0 saturated carbocycles. The summed E-state index contributed by atoms with van der Waals surface area (Å²) in [5, 5.41) is 4.06. The zero-order valence-electron chi connectivity index (χ0n) is 16.7. The van der Waals surface area contributed by atoms with E-state index in [2.05, 4.69) is 38.3 Å². The van der Waals surface area contributed by atoms with Crippen LogP contribution in [-0.4, -0.2) is 37.6 Å². The quantitative estimate of drug-likeness (QED) is 0.561. The van der Waals surface area contributed by atoms with Crippen LogP contribution in [0.3, 0.4) is 0 Å². The molecule has 2 aromatic carbocycles. The van der Waals surface area contributed by atoms with E-state index in [0.29, 0.717) is 17.9 Å². The maximum Gasteiger partial charge on any atom is 0.287 e. The second kappa shape index (κ2) is 8.59. The summed E-state index contributed by atoms with van der Waals surface area (Å²) in [6, 6.07) is 14.1. The molecule has 1 saturated heterocycles. The number of carbonyl (C=O) groups is 1. The summed E-state index contributed by atoms with van der Waals surface area (Å²) in [4.78, 5) is 15.4. The van der Waals surface area contributed by atoms with Gasteiger partial charge in [-0.2, -0.15) is 0 Å². The van der Waals surface area contributed by atoms with Crippen LogP contribution in [0.15, 0.2) is 51.4 Å². The molecule has 0 radical (unpaired) electrons. The molecule has 1 fully saturated rings. The number of methoxy groups -OCH3 is 1. The van der Waals surface area contributed by atoms with Crippen LogP contribution in [0.25, 0.3) is 11.0 Å². The molecule has 0 bridgehead atoms. The Morgan fingerprint density at radius 2 is 1.93 bits per heavy atom. The van der Waals surface area contributed by atoms with Gasteiger partial charge < -0.3 is 14.5 Å². The summed E-state index contributed by atoms with van der Waals surface area (Å²) in [6.07, 6.45) is 2.39.